The van der Waals surface area contributed by atoms with Gasteiger partial charge in [-0.2, -0.15) is 0 Å². The van der Waals surface area contributed by atoms with Gasteiger partial charge in [-0.25, -0.2) is 4.99 Å². The predicted octanol–water partition coefficient (Wildman–Crippen LogP) is 2.43. The lowest BCUT2D eigenvalue weighted by atomic mass is 10.0. The number of guanidine groups is 1. The molecular formula is C21H32N4O2. The second kappa shape index (κ2) is 9.22. The van der Waals surface area contributed by atoms with Crippen molar-refractivity contribution in [3.05, 3.63) is 35.4 Å². The van der Waals surface area contributed by atoms with E-state index in [1.807, 2.05) is 4.90 Å². The summed E-state index contributed by atoms with van der Waals surface area (Å²) in [6.07, 6.45) is 3.86. The topological polar surface area (TPSA) is 66.0 Å². The van der Waals surface area contributed by atoms with Crippen LogP contribution in [-0.4, -0.2) is 48.6 Å². The number of nitrogens with zero attached hydrogens (tertiary/aromatic N) is 2. The average Bonchev–Trinajstić information content (AvgIpc) is 3.27. The van der Waals surface area contributed by atoms with E-state index in [1.54, 1.807) is 0 Å². The van der Waals surface area contributed by atoms with Crippen molar-refractivity contribution in [3.63, 3.8) is 0 Å². The van der Waals surface area contributed by atoms with E-state index in [-0.39, 0.29) is 11.5 Å². The van der Waals surface area contributed by atoms with Gasteiger partial charge < -0.3 is 20.3 Å². The van der Waals surface area contributed by atoms with Crippen LogP contribution in [0.5, 0.6) is 0 Å². The molecule has 27 heavy (non-hydrogen) atoms. The third-order valence-electron chi connectivity index (χ3n) is 5.23. The Balaban J connectivity index is 1.58. The zero-order valence-electron chi connectivity index (χ0n) is 16.6. The molecule has 6 nitrogen and oxygen atoms in total. The van der Waals surface area contributed by atoms with Crippen molar-refractivity contribution in [2.75, 3.05) is 26.2 Å². The van der Waals surface area contributed by atoms with Crippen molar-refractivity contribution < 1.29 is 9.53 Å². The maximum Gasteiger partial charge on any atom is 0.222 e. The molecule has 2 heterocycles. The predicted molar refractivity (Wildman–Crippen MR) is 108 cm³/mol. The summed E-state index contributed by atoms with van der Waals surface area (Å²) >= 11 is 0. The van der Waals surface area contributed by atoms with E-state index in [4.69, 9.17) is 9.73 Å². The Hall–Kier alpha value is -2.08. The third kappa shape index (κ3) is 5.70. The van der Waals surface area contributed by atoms with Crippen LogP contribution in [0.1, 0.15) is 50.7 Å². The van der Waals surface area contributed by atoms with E-state index in [2.05, 4.69) is 48.7 Å². The van der Waals surface area contributed by atoms with Crippen LogP contribution in [0.25, 0.3) is 0 Å². The first kappa shape index (κ1) is 19.7. The zero-order chi connectivity index (χ0) is 19.1. The number of hydrogen-bond donors (Lipinski definition) is 2. The Bertz CT molecular complexity index is 668. The molecule has 0 spiro atoms. The molecular weight excluding hydrogens is 340 g/mol. The summed E-state index contributed by atoms with van der Waals surface area (Å²) in [6.45, 7) is 8.82. The zero-order valence-corrected chi connectivity index (χ0v) is 16.6. The summed E-state index contributed by atoms with van der Waals surface area (Å²) in [5.41, 5.74) is 2.22. The highest BCUT2D eigenvalue weighted by molar-refractivity contribution is 5.80. The van der Waals surface area contributed by atoms with E-state index < -0.39 is 0 Å². The molecule has 2 fully saturated rings. The van der Waals surface area contributed by atoms with Crippen LogP contribution < -0.4 is 10.6 Å². The van der Waals surface area contributed by atoms with Crippen LogP contribution >= 0.6 is 0 Å². The molecule has 1 unspecified atom stereocenters. The molecule has 148 valence electrons. The van der Waals surface area contributed by atoms with Crippen molar-refractivity contribution in [1.29, 1.82) is 0 Å². The van der Waals surface area contributed by atoms with E-state index in [1.165, 1.54) is 5.56 Å². The molecule has 0 saturated carbocycles. The smallest absolute Gasteiger partial charge is 0.222 e. The number of carbonyl (C=O) groups excluding carboxylic acids is 1. The third-order valence-corrected chi connectivity index (χ3v) is 5.23. The number of carbonyl (C=O) groups is 1. The largest absolute Gasteiger partial charge is 0.373 e. The number of rotatable bonds is 7. The van der Waals surface area contributed by atoms with E-state index in [0.717, 1.165) is 57.0 Å². The van der Waals surface area contributed by atoms with Gasteiger partial charge in [0, 0.05) is 39.2 Å². The molecule has 0 aliphatic carbocycles. The molecule has 0 bridgehead atoms. The second-order valence-electron chi connectivity index (χ2n) is 7.69. The maximum absolute atomic E-state index is 11.8. The van der Waals surface area contributed by atoms with Gasteiger partial charge >= 0.3 is 0 Å². The molecule has 1 atom stereocenters. The number of benzene rings is 1. The minimum atomic E-state index is -0.0988. The highest BCUT2D eigenvalue weighted by atomic mass is 16.5. The molecule has 0 radical (unpaired) electrons. The van der Waals surface area contributed by atoms with Gasteiger partial charge in [0.15, 0.2) is 5.96 Å². The Morgan fingerprint density at radius 1 is 1.30 bits per heavy atom. The number of amides is 1. The fraction of sp³-hybridized carbons (Fsp3) is 0.619. The van der Waals surface area contributed by atoms with Gasteiger partial charge in [0.2, 0.25) is 5.91 Å². The van der Waals surface area contributed by atoms with Crippen LogP contribution in [0.3, 0.4) is 0 Å². The molecule has 1 aromatic rings. The maximum atomic E-state index is 11.8. The van der Waals surface area contributed by atoms with Crippen LogP contribution in [0, 0.1) is 0 Å². The summed E-state index contributed by atoms with van der Waals surface area (Å²) in [4.78, 5) is 18.5. The number of likely N-dealkylation sites (tertiary alicyclic amines) is 1. The van der Waals surface area contributed by atoms with Gasteiger partial charge in [-0.15, -0.1) is 0 Å². The quantitative estimate of drug-likeness (QED) is 0.570. The molecule has 0 aromatic heterocycles. The summed E-state index contributed by atoms with van der Waals surface area (Å²) in [5, 5.41) is 6.72. The van der Waals surface area contributed by atoms with E-state index in [0.29, 0.717) is 19.5 Å². The van der Waals surface area contributed by atoms with Gasteiger partial charge in [0.1, 0.15) is 0 Å². The Morgan fingerprint density at radius 2 is 2.15 bits per heavy atom. The minimum absolute atomic E-state index is 0.0988. The molecule has 2 aliphatic heterocycles. The van der Waals surface area contributed by atoms with Crippen LogP contribution in [0.4, 0.5) is 0 Å². The molecule has 1 amide bonds. The lowest BCUT2D eigenvalue weighted by Crippen LogP contribution is -2.45. The second-order valence-corrected chi connectivity index (χ2v) is 7.69. The highest BCUT2D eigenvalue weighted by Crippen LogP contribution is 2.23. The Labute approximate surface area is 162 Å². The average molecular weight is 373 g/mol. The molecule has 2 N–H and O–H groups in total. The normalized spacial score (nSPS) is 23.1. The molecule has 2 saturated heterocycles. The SMILES string of the molecule is CCNC(=NCc1cccc(CN2CCCC2=O)c1)NCC1(C)CCCO1. The van der Waals surface area contributed by atoms with Crippen molar-refractivity contribution in [3.8, 4) is 0 Å². The lowest BCUT2D eigenvalue weighted by molar-refractivity contribution is -0.128. The highest BCUT2D eigenvalue weighted by Gasteiger charge is 2.29. The van der Waals surface area contributed by atoms with Crippen molar-refractivity contribution in [1.82, 2.24) is 15.5 Å². The number of aliphatic imine (C=N–C) groups is 1. The summed E-state index contributed by atoms with van der Waals surface area (Å²) in [5.74, 6) is 1.08. The van der Waals surface area contributed by atoms with Crippen molar-refractivity contribution >= 4 is 11.9 Å². The molecule has 1 aromatic carbocycles. The Kier molecular flexibility index (Phi) is 6.72. The van der Waals surface area contributed by atoms with Crippen LogP contribution in [-0.2, 0) is 22.6 Å². The van der Waals surface area contributed by atoms with E-state index >= 15 is 0 Å². The van der Waals surface area contributed by atoms with Gasteiger partial charge in [-0.1, -0.05) is 24.3 Å². The van der Waals surface area contributed by atoms with Gasteiger partial charge in [-0.3, -0.25) is 4.79 Å². The fourth-order valence-corrected chi connectivity index (χ4v) is 3.68. The van der Waals surface area contributed by atoms with Gasteiger partial charge in [0.25, 0.3) is 0 Å². The summed E-state index contributed by atoms with van der Waals surface area (Å²) in [7, 11) is 0. The van der Waals surface area contributed by atoms with Crippen molar-refractivity contribution in [2.45, 2.75) is 58.2 Å². The first-order chi connectivity index (χ1) is 13.1. The standard InChI is InChI=1S/C21H32N4O2/c1-3-22-20(24-16-21(2)10-6-12-27-21)23-14-17-7-4-8-18(13-17)15-25-11-5-9-19(25)26/h4,7-8,13H,3,5-6,9-12,14-16H2,1-2H3,(H2,22,23,24). The summed E-state index contributed by atoms with van der Waals surface area (Å²) in [6, 6.07) is 8.37. The van der Waals surface area contributed by atoms with Gasteiger partial charge in [-0.05, 0) is 44.2 Å². The Morgan fingerprint density at radius 3 is 2.85 bits per heavy atom. The number of hydrogen-bond acceptors (Lipinski definition) is 3. The molecule has 2 aliphatic rings. The van der Waals surface area contributed by atoms with Crippen LogP contribution in [0.2, 0.25) is 0 Å². The monoisotopic (exact) mass is 372 g/mol. The van der Waals surface area contributed by atoms with Gasteiger partial charge in [0.05, 0.1) is 12.1 Å². The number of ether oxygens (including phenoxy) is 1. The lowest BCUT2D eigenvalue weighted by Gasteiger charge is -2.24. The first-order valence-corrected chi connectivity index (χ1v) is 10.1. The molecule has 6 heteroatoms. The number of nitrogens with one attached hydrogen (secondary N) is 2. The van der Waals surface area contributed by atoms with Crippen molar-refractivity contribution in [2.24, 2.45) is 4.99 Å². The van der Waals surface area contributed by atoms with E-state index in [9.17, 15) is 4.79 Å². The molecule has 3 rings (SSSR count). The first-order valence-electron chi connectivity index (χ1n) is 10.1. The van der Waals surface area contributed by atoms with Crippen LogP contribution in [0.15, 0.2) is 29.3 Å². The minimum Gasteiger partial charge on any atom is -0.373 e. The fourth-order valence-electron chi connectivity index (χ4n) is 3.68. The summed E-state index contributed by atoms with van der Waals surface area (Å²) < 4.78 is 5.84.